The van der Waals surface area contributed by atoms with Crippen LogP contribution in [0.3, 0.4) is 0 Å². The maximum atomic E-state index is 9.49. The van der Waals surface area contributed by atoms with Crippen molar-refractivity contribution in [3.63, 3.8) is 0 Å². The molecule has 0 aliphatic rings. The molecule has 1 aromatic heterocycles. The Balaban J connectivity index is 1.86. The van der Waals surface area contributed by atoms with Gasteiger partial charge in [-0.15, -0.1) is 11.3 Å². The van der Waals surface area contributed by atoms with Crippen LogP contribution in [0.2, 0.25) is 10.0 Å². The Morgan fingerprint density at radius 1 is 1.15 bits per heavy atom. The van der Waals surface area contributed by atoms with Crippen molar-refractivity contribution in [3.05, 3.63) is 74.2 Å². The molecule has 1 N–H and O–H groups in total. The summed E-state index contributed by atoms with van der Waals surface area (Å²) in [7, 11) is 0. The van der Waals surface area contributed by atoms with Crippen LogP contribution in [0.15, 0.2) is 48.0 Å². The maximum absolute atomic E-state index is 9.49. The average molecular weight is 400 g/mol. The zero-order chi connectivity index (χ0) is 18.7. The molecule has 1 heterocycles. The molecule has 0 unspecified atom stereocenters. The van der Waals surface area contributed by atoms with Gasteiger partial charge in [-0.05, 0) is 49.2 Å². The second-order valence-electron chi connectivity index (χ2n) is 5.78. The van der Waals surface area contributed by atoms with Gasteiger partial charge in [-0.3, -0.25) is 0 Å². The Morgan fingerprint density at radius 3 is 2.65 bits per heavy atom. The molecule has 0 aliphatic carbocycles. The highest BCUT2D eigenvalue weighted by Crippen LogP contribution is 2.29. The van der Waals surface area contributed by atoms with Gasteiger partial charge >= 0.3 is 0 Å². The number of benzene rings is 2. The van der Waals surface area contributed by atoms with Crippen molar-refractivity contribution in [1.29, 1.82) is 5.26 Å². The highest BCUT2D eigenvalue weighted by Gasteiger charge is 2.10. The largest absolute Gasteiger partial charge is 0.359 e. The van der Waals surface area contributed by atoms with Crippen molar-refractivity contribution in [1.82, 2.24) is 4.98 Å². The zero-order valence-corrected chi connectivity index (χ0v) is 16.5. The molecule has 130 valence electrons. The Hall–Kier alpha value is -2.32. The van der Waals surface area contributed by atoms with Crippen LogP contribution < -0.4 is 5.32 Å². The number of anilines is 1. The first-order chi connectivity index (χ1) is 12.5. The molecular weight excluding hydrogens is 385 g/mol. The van der Waals surface area contributed by atoms with Crippen LogP contribution in [0.1, 0.15) is 16.1 Å². The normalized spacial score (nSPS) is 11.3. The van der Waals surface area contributed by atoms with E-state index in [0.29, 0.717) is 26.3 Å². The molecule has 0 saturated carbocycles. The van der Waals surface area contributed by atoms with Crippen molar-refractivity contribution in [2.24, 2.45) is 0 Å². The molecule has 0 atom stereocenters. The minimum atomic E-state index is 0.441. The molecule has 0 saturated heterocycles. The molecule has 6 heteroatoms. The van der Waals surface area contributed by atoms with Gasteiger partial charge in [0.1, 0.15) is 16.6 Å². The van der Waals surface area contributed by atoms with Gasteiger partial charge in [-0.1, -0.05) is 35.3 Å². The van der Waals surface area contributed by atoms with Crippen LogP contribution in [-0.4, -0.2) is 4.98 Å². The average Bonchev–Trinajstić information content (AvgIpc) is 3.09. The third-order valence-corrected chi connectivity index (χ3v) is 5.38. The number of hydrogen-bond acceptors (Lipinski definition) is 4. The highest BCUT2D eigenvalue weighted by molar-refractivity contribution is 7.11. The van der Waals surface area contributed by atoms with Crippen molar-refractivity contribution < 1.29 is 0 Å². The summed E-state index contributed by atoms with van der Waals surface area (Å²) in [5.74, 6) is 0. The number of nitrogens with zero attached hydrogens (tertiary/aromatic N) is 2. The molecule has 26 heavy (non-hydrogen) atoms. The van der Waals surface area contributed by atoms with Crippen LogP contribution in [0, 0.1) is 25.2 Å². The summed E-state index contributed by atoms with van der Waals surface area (Å²) in [4.78, 5) is 4.60. The third kappa shape index (κ3) is 4.08. The van der Waals surface area contributed by atoms with Gasteiger partial charge < -0.3 is 5.32 Å². The summed E-state index contributed by atoms with van der Waals surface area (Å²) in [6, 6.07) is 13.6. The predicted octanol–water partition coefficient (Wildman–Crippen LogP) is 6.71. The van der Waals surface area contributed by atoms with Crippen molar-refractivity contribution in [2.75, 3.05) is 5.32 Å². The van der Waals surface area contributed by atoms with Crippen LogP contribution in [0.25, 0.3) is 16.8 Å². The summed E-state index contributed by atoms with van der Waals surface area (Å²) in [5, 5.41) is 16.2. The van der Waals surface area contributed by atoms with E-state index < -0.39 is 0 Å². The van der Waals surface area contributed by atoms with E-state index in [1.807, 2.05) is 11.4 Å². The Labute approximate surface area is 166 Å². The molecule has 0 amide bonds. The fourth-order valence-corrected chi connectivity index (χ4v) is 3.59. The van der Waals surface area contributed by atoms with E-state index in [-0.39, 0.29) is 0 Å². The number of aromatic nitrogens is 1. The SMILES string of the molecule is Cc1ccc(-c2csc(/C(C#N)=C/Nc3ccc(Cl)cc3Cl)n2)cc1C. The number of hydrogen-bond donors (Lipinski definition) is 1. The van der Waals surface area contributed by atoms with E-state index >= 15 is 0 Å². The molecule has 0 radical (unpaired) electrons. The van der Waals surface area contributed by atoms with Gasteiger partial charge in [-0.2, -0.15) is 5.26 Å². The fourth-order valence-electron chi connectivity index (χ4n) is 2.33. The van der Waals surface area contributed by atoms with Crippen molar-refractivity contribution >= 4 is 45.8 Å². The maximum Gasteiger partial charge on any atom is 0.136 e. The Morgan fingerprint density at radius 2 is 1.96 bits per heavy atom. The quantitative estimate of drug-likeness (QED) is 0.495. The third-order valence-electron chi connectivity index (χ3n) is 3.96. The summed E-state index contributed by atoms with van der Waals surface area (Å²) >= 11 is 13.5. The molecule has 3 nitrogen and oxygen atoms in total. The monoisotopic (exact) mass is 399 g/mol. The Bertz CT molecular complexity index is 1030. The lowest BCUT2D eigenvalue weighted by atomic mass is 10.1. The van der Waals surface area contributed by atoms with Crippen LogP contribution in [0.4, 0.5) is 5.69 Å². The molecule has 0 bridgehead atoms. The van der Waals surface area contributed by atoms with Crippen LogP contribution >= 0.6 is 34.5 Å². The van der Waals surface area contributed by atoms with E-state index in [4.69, 9.17) is 23.2 Å². The van der Waals surface area contributed by atoms with Crippen LogP contribution in [0.5, 0.6) is 0 Å². The second kappa shape index (κ2) is 7.92. The van der Waals surface area contributed by atoms with Gasteiger partial charge in [0.15, 0.2) is 0 Å². The number of rotatable bonds is 4. The predicted molar refractivity (Wildman–Crippen MR) is 111 cm³/mol. The molecule has 3 aromatic rings. The number of nitrogens with one attached hydrogen (secondary N) is 1. The number of halogens is 2. The molecular formula is C20H15Cl2N3S. The zero-order valence-electron chi connectivity index (χ0n) is 14.2. The fraction of sp³-hybridized carbons (Fsp3) is 0.100. The molecule has 2 aromatic carbocycles. The van der Waals surface area contributed by atoms with Gasteiger partial charge in [0.05, 0.1) is 16.4 Å². The lowest BCUT2D eigenvalue weighted by molar-refractivity contribution is 1.31. The molecule has 0 spiro atoms. The van der Waals surface area contributed by atoms with E-state index in [2.05, 4.69) is 42.4 Å². The molecule has 0 fully saturated rings. The lowest BCUT2D eigenvalue weighted by Gasteiger charge is -2.04. The first-order valence-electron chi connectivity index (χ1n) is 7.83. The van der Waals surface area contributed by atoms with E-state index in [0.717, 1.165) is 11.3 Å². The number of aryl methyl sites for hydroxylation is 2. The van der Waals surface area contributed by atoms with E-state index in [9.17, 15) is 5.26 Å². The minimum Gasteiger partial charge on any atom is -0.359 e. The minimum absolute atomic E-state index is 0.441. The van der Waals surface area contributed by atoms with Gasteiger partial charge in [0.2, 0.25) is 0 Å². The summed E-state index contributed by atoms with van der Waals surface area (Å²) in [6.45, 7) is 4.15. The smallest absolute Gasteiger partial charge is 0.136 e. The standard InChI is InChI=1S/C20H15Cl2N3S/c1-12-3-4-14(7-13(12)2)19-11-26-20(25-19)15(9-23)10-24-18-6-5-16(21)8-17(18)22/h3-8,10-11,24H,1-2H3/b15-10+. The first-order valence-corrected chi connectivity index (χ1v) is 9.47. The van der Waals surface area contributed by atoms with Crippen LogP contribution in [-0.2, 0) is 0 Å². The first kappa shape index (κ1) is 18.5. The summed E-state index contributed by atoms with van der Waals surface area (Å²) < 4.78 is 0. The Kier molecular flexibility index (Phi) is 5.63. The highest BCUT2D eigenvalue weighted by atomic mass is 35.5. The summed E-state index contributed by atoms with van der Waals surface area (Å²) in [5.41, 5.74) is 5.48. The topological polar surface area (TPSA) is 48.7 Å². The number of allylic oxidation sites excluding steroid dienone is 1. The number of thiazole rings is 1. The van der Waals surface area contributed by atoms with Gasteiger partial charge in [-0.25, -0.2) is 4.98 Å². The second-order valence-corrected chi connectivity index (χ2v) is 7.48. The van der Waals surface area contributed by atoms with E-state index in [1.54, 1.807) is 24.4 Å². The van der Waals surface area contributed by atoms with Crippen molar-refractivity contribution in [3.8, 4) is 17.3 Å². The van der Waals surface area contributed by atoms with Gasteiger partial charge in [0.25, 0.3) is 0 Å². The lowest BCUT2D eigenvalue weighted by Crippen LogP contribution is -1.92. The summed E-state index contributed by atoms with van der Waals surface area (Å²) in [6.07, 6.45) is 1.61. The molecule has 3 rings (SSSR count). The van der Waals surface area contributed by atoms with Crippen molar-refractivity contribution in [2.45, 2.75) is 13.8 Å². The number of nitriles is 1. The van der Waals surface area contributed by atoms with Gasteiger partial charge in [0, 0.05) is 22.2 Å². The van der Waals surface area contributed by atoms with E-state index in [1.165, 1.54) is 22.5 Å². The molecule has 0 aliphatic heterocycles.